The number of rotatable bonds is 9. The molecule has 0 radical (unpaired) electrons. The Bertz CT molecular complexity index is 1050. The van der Waals surface area contributed by atoms with Crippen molar-refractivity contribution in [2.75, 3.05) is 25.0 Å². The van der Waals surface area contributed by atoms with Crippen molar-refractivity contribution in [3.8, 4) is 5.82 Å². The zero-order valence-electron chi connectivity index (χ0n) is 18.4. The number of anilines is 1. The molecule has 2 heterocycles. The number of alkyl carbamates (subject to hydrolysis) is 1. The van der Waals surface area contributed by atoms with E-state index >= 15 is 0 Å². The number of amides is 2. The molecule has 0 unspecified atom stereocenters. The monoisotopic (exact) mass is 437 g/mol. The van der Waals surface area contributed by atoms with Crippen molar-refractivity contribution in [3.63, 3.8) is 0 Å². The van der Waals surface area contributed by atoms with E-state index in [4.69, 9.17) is 4.74 Å². The average molecular weight is 438 g/mol. The molecule has 0 aliphatic heterocycles. The lowest BCUT2D eigenvalue weighted by atomic mass is 10.2. The predicted molar refractivity (Wildman–Crippen MR) is 119 cm³/mol. The summed E-state index contributed by atoms with van der Waals surface area (Å²) in [6.45, 7) is 6.77. The Morgan fingerprint density at radius 1 is 0.969 bits per heavy atom. The number of aromatic nitrogens is 4. The Labute approximate surface area is 186 Å². The van der Waals surface area contributed by atoms with Crippen LogP contribution in [-0.4, -0.2) is 51.6 Å². The molecule has 0 saturated carbocycles. The highest BCUT2D eigenvalue weighted by molar-refractivity contribution is 5.82. The van der Waals surface area contributed by atoms with Gasteiger partial charge in [-0.15, -0.1) is 10.2 Å². The molecule has 0 atom stereocenters. The summed E-state index contributed by atoms with van der Waals surface area (Å²) in [7, 11) is 0. The molecular formula is C22H27N7O3. The molecule has 3 N–H and O–H groups in total. The van der Waals surface area contributed by atoms with Crippen LogP contribution in [0.4, 0.5) is 10.6 Å². The van der Waals surface area contributed by atoms with Gasteiger partial charge in [0.2, 0.25) is 5.91 Å². The first-order chi connectivity index (χ1) is 15.4. The van der Waals surface area contributed by atoms with Crippen molar-refractivity contribution in [2.24, 2.45) is 0 Å². The standard InChI is InChI=1S/C22H27N7O3/c1-15-16(2)28-29(17(15)3)20-10-9-19(26-27-20)23-11-12-24-21(30)13-25-22(31)32-14-18-7-5-4-6-8-18/h4-10H,11-14H2,1-3H3,(H,23,26)(H,24,30)(H,25,31). The number of nitrogens with zero attached hydrogens (tertiary/aromatic N) is 4. The van der Waals surface area contributed by atoms with Gasteiger partial charge in [0.1, 0.15) is 12.4 Å². The summed E-state index contributed by atoms with van der Waals surface area (Å²) in [5, 5.41) is 21.0. The van der Waals surface area contributed by atoms with Gasteiger partial charge in [0.15, 0.2) is 5.82 Å². The first kappa shape index (κ1) is 22.7. The minimum Gasteiger partial charge on any atom is -0.445 e. The molecule has 10 heteroatoms. The first-order valence-electron chi connectivity index (χ1n) is 10.3. The van der Waals surface area contributed by atoms with Gasteiger partial charge in [-0.1, -0.05) is 30.3 Å². The van der Waals surface area contributed by atoms with Crippen molar-refractivity contribution >= 4 is 17.8 Å². The van der Waals surface area contributed by atoms with E-state index in [2.05, 4.69) is 31.2 Å². The molecule has 3 rings (SSSR count). The number of aryl methyl sites for hydroxylation is 1. The van der Waals surface area contributed by atoms with E-state index in [1.807, 2.05) is 57.2 Å². The van der Waals surface area contributed by atoms with Crippen molar-refractivity contribution in [1.82, 2.24) is 30.6 Å². The van der Waals surface area contributed by atoms with Crippen LogP contribution >= 0.6 is 0 Å². The molecule has 168 valence electrons. The average Bonchev–Trinajstić information content (AvgIpc) is 3.07. The number of benzene rings is 1. The first-order valence-corrected chi connectivity index (χ1v) is 10.3. The summed E-state index contributed by atoms with van der Waals surface area (Å²) in [5.74, 6) is 0.913. The summed E-state index contributed by atoms with van der Waals surface area (Å²) in [4.78, 5) is 23.5. The molecule has 0 aliphatic carbocycles. The van der Waals surface area contributed by atoms with Crippen molar-refractivity contribution in [3.05, 3.63) is 65.0 Å². The molecule has 0 saturated heterocycles. The van der Waals surface area contributed by atoms with Crippen LogP contribution in [-0.2, 0) is 16.1 Å². The minimum atomic E-state index is -0.643. The molecule has 32 heavy (non-hydrogen) atoms. The van der Waals surface area contributed by atoms with Crippen LogP contribution in [0.15, 0.2) is 42.5 Å². The van der Waals surface area contributed by atoms with Gasteiger partial charge in [-0.05, 0) is 44.0 Å². The highest BCUT2D eigenvalue weighted by Crippen LogP contribution is 2.15. The number of nitrogens with one attached hydrogen (secondary N) is 3. The predicted octanol–water partition coefficient (Wildman–Crippen LogP) is 2.04. The third-order valence-corrected chi connectivity index (χ3v) is 4.88. The molecule has 0 fully saturated rings. The fourth-order valence-corrected chi connectivity index (χ4v) is 2.86. The Balaban J connectivity index is 1.33. The smallest absolute Gasteiger partial charge is 0.407 e. The normalized spacial score (nSPS) is 10.5. The third kappa shape index (κ3) is 6.27. The molecule has 2 amide bonds. The molecule has 10 nitrogen and oxygen atoms in total. The number of hydrogen-bond donors (Lipinski definition) is 3. The maximum Gasteiger partial charge on any atom is 0.407 e. The van der Waals surface area contributed by atoms with E-state index < -0.39 is 6.09 Å². The summed E-state index contributed by atoms with van der Waals surface area (Å²) in [5.41, 5.74) is 3.99. The molecule has 2 aromatic heterocycles. The van der Waals surface area contributed by atoms with Crippen molar-refractivity contribution in [1.29, 1.82) is 0 Å². The summed E-state index contributed by atoms with van der Waals surface area (Å²) < 4.78 is 6.82. The zero-order valence-corrected chi connectivity index (χ0v) is 18.4. The maximum atomic E-state index is 11.8. The summed E-state index contributed by atoms with van der Waals surface area (Å²) in [6, 6.07) is 12.9. The van der Waals surface area contributed by atoms with Crippen LogP contribution < -0.4 is 16.0 Å². The lowest BCUT2D eigenvalue weighted by Crippen LogP contribution is -2.38. The quantitative estimate of drug-likeness (QED) is 0.438. The SMILES string of the molecule is Cc1nn(-c2ccc(NCCNC(=O)CNC(=O)OCc3ccccc3)nn2)c(C)c1C. The Kier molecular flexibility index (Phi) is 7.74. The van der Waals surface area contributed by atoms with Crippen LogP contribution in [0, 0.1) is 20.8 Å². The van der Waals surface area contributed by atoms with E-state index in [9.17, 15) is 9.59 Å². The van der Waals surface area contributed by atoms with Crippen LogP contribution in [0.5, 0.6) is 0 Å². The summed E-state index contributed by atoms with van der Waals surface area (Å²) >= 11 is 0. The molecule has 0 aliphatic rings. The van der Waals surface area contributed by atoms with Gasteiger partial charge in [-0.3, -0.25) is 4.79 Å². The Morgan fingerprint density at radius 2 is 1.75 bits per heavy atom. The third-order valence-electron chi connectivity index (χ3n) is 4.88. The second-order valence-electron chi connectivity index (χ2n) is 7.18. The maximum absolute atomic E-state index is 11.8. The van der Waals surface area contributed by atoms with Crippen LogP contribution in [0.2, 0.25) is 0 Å². The van der Waals surface area contributed by atoms with Gasteiger partial charge < -0.3 is 20.7 Å². The van der Waals surface area contributed by atoms with E-state index in [1.165, 1.54) is 0 Å². The van der Waals surface area contributed by atoms with Crippen LogP contribution in [0.25, 0.3) is 5.82 Å². The Morgan fingerprint density at radius 3 is 2.41 bits per heavy atom. The molecule has 0 bridgehead atoms. The number of carbonyl (C=O) groups excluding carboxylic acids is 2. The molecular weight excluding hydrogens is 410 g/mol. The number of carbonyl (C=O) groups is 2. The summed E-state index contributed by atoms with van der Waals surface area (Å²) in [6.07, 6.45) is -0.643. The van der Waals surface area contributed by atoms with Gasteiger partial charge in [0.05, 0.1) is 12.2 Å². The van der Waals surface area contributed by atoms with Gasteiger partial charge in [0, 0.05) is 18.8 Å². The molecule has 3 aromatic rings. The highest BCUT2D eigenvalue weighted by Gasteiger charge is 2.10. The largest absolute Gasteiger partial charge is 0.445 e. The van der Waals surface area contributed by atoms with Crippen LogP contribution in [0.3, 0.4) is 0 Å². The van der Waals surface area contributed by atoms with Gasteiger partial charge in [-0.25, -0.2) is 9.48 Å². The van der Waals surface area contributed by atoms with E-state index in [1.54, 1.807) is 10.7 Å². The van der Waals surface area contributed by atoms with Crippen molar-refractivity contribution in [2.45, 2.75) is 27.4 Å². The van der Waals surface area contributed by atoms with E-state index in [-0.39, 0.29) is 19.1 Å². The van der Waals surface area contributed by atoms with Gasteiger partial charge in [-0.2, -0.15) is 5.10 Å². The molecule has 1 aromatic carbocycles. The second kappa shape index (κ2) is 10.9. The van der Waals surface area contributed by atoms with Crippen molar-refractivity contribution < 1.29 is 14.3 Å². The van der Waals surface area contributed by atoms with E-state index in [0.717, 1.165) is 22.5 Å². The van der Waals surface area contributed by atoms with Gasteiger partial charge >= 0.3 is 6.09 Å². The highest BCUT2D eigenvalue weighted by atomic mass is 16.5. The zero-order chi connectivity index (χ0) is 22.9. The fraction of sp³-hybridized carbons (Fsp3) is 0.318. The van der Waals surface area contributed by atoms with E-state index in [0.29, 0.717) is 24.7 Å². The Hall–Kier alpha value is -3.95. The fourth-order valence-electron chi connectivity index (χ4n) is 2.86. The number of hydrogen-bond acceptors (Lipinski definition) is 7. The van der Waals surface area contributed by atoms with Gasteiger partial charge in [0.25, 0.3) is 0 Å². The minimum absolute atomic E-state index is 0.150. The topological polar surface area (TPSA) is 123 Å². The lowest BCUT2D eigenvalue weighted by molar-refractivity contribution is -0.120. The molecule has 0 spiro atoms. The van der Waals surface area contributed by atoms with Crippen LogP contribution in [0.1, 0.15) is 22.5 Å². The lowest BCUT2D eigenvalue weighted by Gasteiger charge is -2.09. The number of ether oxygens (including phenoxy) is 1. The second-order valence-corrected chi connectivity index (χ2v) is 7.18.